The van der Waals surface area contributed by atoms with Crippen molar-refractivity contribution in [3.05, 3.63) is 35.9 Å². The molecule has 2 heterocycles. The summed E-state index contributed by atoms with van der Waals surface area (Å²) in [6, 6.07) is 11.0. The third kappa shape index (κ3) is 4.06. The molecule has 1 aromatic carbocycles. The van der Waals surface area contributed by atoms with E-state index in [-0.39, 0.29) is 0 Å². The summed E-state index contributed by atoms with van der Waals surface area (Å²) < 4.78 is 5.51. The number of hydrogen-bond acceptors (Lipinski definition) is 3. The van der Waals surface area contributed by atoms with Gasteiger partial charge in [-0.3, -0.25) is 4.90 Å². The maximum Gasteiger partial charge on any atom is 0.0698 e. The molecule has 0 aliphatic carbocycles. The minimum Gasteiger partial charge on any atom is -0.380 e. The number of ether oxygens (including phenoxy) is 1. The van der Waals surface area contributed by atoms with Crippen molar-refractivity contribution >= 4 is 0 Å². The molecule has 2 aliphatic heterocycles. The SMILES string of the molecule is CO[C@@H]1CCCN(CCN2CC[C@@H](c3ccccc3)C2)C1. The molecule has 0 N–H and O–H groups in total. The molecule has 2 atom stereocenters. The fourth-order valence-corrected chi connectivity index (χ4v) is 3.72. The Labute approximate surface area is 128 Å². The molecule has 0 unspecified atom stereocenters. The lowest BCUT2D eigenvalue weighted by atomic mass is 9.99. The fraction of sp³-hybridized carbons (Fsp3) is 0.667. The summed E-state index contributed by atoms with van der Waals surface area (Å²) in [5.41, 5.74) is 1.51. The number of likely N-dealkylation sites (tertiary alicyclic amines) is 2. The summed E-state index contributed by atoms with van der Waals surface area (Å²) in [4.78, 5) is 5.21. The van der Waals surface area contributed by atoms with Gasteiger partial charge in [-0.1, -0.05) is 30.3 Å². The summed E-state index contributed by atoms with van der Waals surface area (Å²) in [6.45, 7) is 7.25. The minimum atomic E-state index is 0.453. The highest BCUT2D eigenvalue weighted by molar-refractivity contribution is 5.20. The van der Waals surface area contributed by atoms with E-state index in [1.807, 2.05) is 7.11 Å². The van der Waals surface area contributed by atoms with Crippen molar-refractivity contribution in [1.29, 1.82) is 0 Å². The monoisotopic (exact) mass is 288 g/mol. The Bertz CT molecular complexity index is 422. The third-order valence-corrected chi connectivity index (χ3v) is 5.07. The van der Waals surface area contributed by atoms with E-state index in [0.29, 0.717) is 6.10 Å². The number of methoxy groups -OCH3 is 1. The molecule has 3 rings (SSSR count). The Balaban J connectivity index is 1.43. The van der Waals surface area contributed by atoms with E-state index >= 15 is 0 Å². The molecule has 3 heteroatoms. The van der Waals surface area contributed by atoms with Gasteiger partial charge in [0.2, 0.25) is 0 Å². The first-order valence-electron chi connectivity index (χ1n) is 8.37. The molecule has 0 amide bonds. The minimum absolute atomic E-state index is 0.453. The van der Waals surface area contributed by atoms with Crippen molar-refractivity contribution in [2.45, 2.75) is 31.3 Å². The average Bonchev–Trinajstić information content (AvgIpc) is 3.03. The molecular weight excluding hydrogens is 260 g/mol. The van der Waals surface area contributed by atoms with Crippen LogP contribution in [-0.4, -0.2) is 62.3 Å². The lowest BCUT2D eigenvalue weighted by Gasteiger charge is -2.33. The molecule has 0 spiro atoms. The van der Waals surface area contributed by atoms with Crippen LogP contribution in [0.2, 0.25) is 0 Å². The standard InChI is InChI=1S/C18H28N2O/c1-21-18-8-5-10-19(15-18)12-13-20-11-9-17(14-20)16-6-3-2-4-7-16/h2-4,6-7,17-18H,5,8-15H2,1H3/t17-,18-/m1/s1. The number of benzene rings is 1. The topological polar surface area (TPSA) is 15.7 Å². The van der Waals surface area contributed by atoms with Crippen LogP contribution >= 0.6 is 0 Å². The fourth-order valence-electron chi connectivity index (χ4n) is 3.72. The highest BCUT2D eigenvalue weighted by atomic mass is 16.5. The van der Waals surface area contributed by atoms with Gasteiger partial charge >= 0.3 is 0 Å². The number of rotatable bonds is 5. The van der Waals surface area contributed by atoms with E-state index < -0.39 is 0 Å². The normalized spacial score (nSPS) is 28.0. The second-order valence-electron chi connectivity index (χ2n) is 6.50. The van der Waals surface area contributed by atoms with Gasteiger partial charge in [0, 0.05) is 33.3 Å². The predicted octanol–water partition coefficient (Wildman–Crippen LogP) is 2.59. The van der Waals surface area contributed by atoms with Gasteiger partial charge in [0.15, 0.2) is 0 Å². The van der Waals surface area contributed by atoms with Crippen molar-refractivity contribution in [3.63, 3.8) is 0 Å². The molecule has 0 saturated carbocycles. The molecule has 2 aliphatic rings. The van der Waals surface area contributed by atoms with Crippen molar-refractivity contribution in [2.75, 3.05) is 46.4 Å². The first kappa shape index (κ1) is 15.0. The van der Waals surface area contributed by atoms with Gasteiger partial charge in [0.05, 0.1) is 6.10 Å². The van der Waals surface area contributed by atoms with Crippen LogP contribution in [0.25, 0.3) is 0 Å². The number of nitrogens with zero attached hydrogens (tertiary/aromatic N) is 2. The van der Waals surface area contributed by atoms with Gasteiger partial charge in [-0.25, -0.2) is 0 Å². The van der Waals surface area contributed by atoms with Crippen LogP contribution in [0, 0.1) is 0 Å². The van der Waals surface area contributed by atoms with Crippen molar-refractivity contribution in [1.82, 2.24) is 9.80 Å². The van der Waals surface area contributed by atoms with Crippen LogP contribution in [0.1, 0.15) is 30.7 Å². The molecule has 0 bridgehead atoms. The maximum absolute atomic E-state index is 5.51. The van der Waals surface area contributed by atoms with Gasteiger partial charge < -0.3 is 9.64 Å². The lowest BCUT2D eigenvalue weighted by molar-refractivity contribution is 0.0288. The van der Waals surface area contributed by atoms with E-state index in [1.54, 1.807) is 0 Å². The van der Waals surface area contributed by atoms with Gasteiger partial charge in [0.1, 0.15) is 0 Å². The Hall–Kier alpha value is -0.900. The van der Waals surface area contributed by atoms with E-state index in [2.05, 4.69) is 40.1 Å². The molecule has 2 fully saturated rings. The second-order valence-corrected chi connectivity index (χ2v) is 6.50. The van der Waals surface area contributed by atoms with Crippen molar-refractivity contribution in [2.24, 2.45) is 0 Å². The van der Waals surface area contributed by atoms with Crippen LogP contribution in [0.3, 0.4) is 0 Å². The van der Waals surface area contributed by atoms with E-state index in [4.69, 9.17) is 4.74 Å². The van der Waals surface area contributed by atoms with E-state index in [9.17, 15) is 0 Å². The van der Waals surface area contributed by atoms with Crippen LogP contribution in [0.15, 0.2) is 30.3 Å². The number of piperidine rings is 1. The Morgan fingerprint density at radius 2 is 1.76 bits per heavy atom. The summed E-state index contributed by atoms with van der Waals surface area (Å²) in [5.74, 6) is 0.735. The number of hydrogen-bond donors (Lipinski definition) is 0. The first-order valence-corrected chi connectivity index (χ1v) is 8.37. The van der Waals surface area contributed by atoms with E-state index in [1.165, 1.54) is 57.5 Å². The zero-order valence-corrected chi connectivity index (χ0v) is 13.2. The molecule has 116 valence electrons. The molecule has 1 aromatic rings. The van der Waals surface area contributed by atoms with Crippen molar-refractivity contribution < 1.29 is 4.74 Å². The van der Waals surface area contributed by atoms with Gasteiger partial charge in [-0.15, -0.1) is 0 Å². The Morgan fingerprint density at radius 1 is 1.00 bits per heavy atom. The highest BCUT2D eigenvalue weighted by Gasteiger charge is 2.25. The van der Waals surface area contributed by atoms with E-state index in [0.717, 1.165) is 12.5 Å². The zero-order valence-electron chi connectivity index (χ0n) is 13.2. The quantitative estimate of drug-likeness (QED) is 0.828. The summed E-state index contributed by atoms with van der Waals surface area (Å²) in [5, 5.41) is 0. The van der Waals surface area contributed by atoms with Crippen LogP contribution in [0.4, 0.5) is 0 Å². The van der Waals surface area contributed by atoms with Crippen molar-refractivity contribution in [3.8, 4) is 0 Å². The Morgan fingerprint density at radius 3 is 2.52 bits per heavy atom. The summed E-state index contributed by atoms with van der Waals surface area (Å²) in [6.07, 6.45) is 4.28. The summed E-state index contributed by atoms with van der Waals surface area (Å²) >= 11 is 0. The first-order chi connectivity index (χ1) is 10.3. The van der Waals surface area contributed by atoms with Crippen LogP contribution in [-0.2, 0) is 4.74 Å². The Kier molecular flexibility index (Phi) is 5.28. The summed E-state index contributed by atoms with van der Waals surface area (Å²) in [7, 11) is 1.85. The molecular formula is C18H28N2O. The van der Waals surface area contributed by atoms with Gasteiger partial charge in [0.25, 0.3) is 0 Å². The molecule has 2 saturated heterocycles. The molecule has 0 radical (unpaired) electrons. The van der Waals surface area contributed by atoms with Gasteiger partial charge in [-0.05, 0) is 43.8 Å². The largest absolute Gasteiger partial charge is 0.380 e. The molecule has 3 nitrogen and oxygen atoms in total. The molecule has 0 aromatic heterocycles. The maximum atomic E-state index is 5.51. The van der Waals surface area contributed by atoms with Gasteiger partial charge in [-0.2, -0.15) is 0 Å². The molecule has 21 heavy (non-hydrogen) atoms. The van der Waals surface area contributed by atoms with Crippen LogP contribution < -0.4 is 0 Å². The lowest BCUT2D eigenvalue weighted by Crippen LogP contribution is -2.42. The average molecular weight is 288 g/mol. The second kappa shape index (κ2) is 7.39. The predicted molar refractivity (Wildman–Crippen MR) is 86.7 cm³/mol. The zero-order chi connectivity index (χ0) is 14.5. The smallest absolute Gasteiger partial charge is 0.0698 e. The highest BCUT2D eigenvalue weighted by Crippen LogP contribution is 2.26. The third-order valence-electron chi connectivity index (χ3n) is 5.07. The van der Waals surface area contributed by atoms with Crippen LogP contribution in [0.5, 0.6) is 0 Å².